The minimum Gasteiger partial charge on any atom is -0.400 e. The average molecular weight is 302 g/mol. The molecule has 3 rings (SSSR count). The number of benzene rings is 1. The van der Waals surface area contributed by atoms with E-state index in [2.05, 4.69) is 5.10 Å². The van der Waals surface area contributed by atoms with Gasteiger partial charge in [-0.25, -0.2) is 4.68 Å². The van der Waals surface area contributed by atoms with Crippen molar-refractivity contribution in [3.63, 3.8) is 0 Å². The first-order chi connectivity index (χ1) is 10.1. The number of para-hydroxylation sites is 2. The lowest BCUT2D eigenvalue weighted by atomic mass is 10.3. The molecule has 0 amide bonds. The Hall–Kier alpha value is -2.74. The molecule has 0 N–H and O–H groups in total. The molecule has 2 heterocycles. The van der Waals surface area contributed by atoms with E-state index < -0.39 is 4.92 Å². The van der Waals surface area contributed by atoms with Crippen LogP contribution in [0.2, 0.25) is 0 Å². The van der Waals surface area contributed by atoms with Crippen LogP contribution in [0.5, 0.6) is 0 Å². The summed E-state index contributed by atoms with van der Waals surface area (Å²) in [4.78, 5) is 9.97. The summed E-state index contributed by atoms with van der Waals surface area (Å²) in [5.41, 5.74) is 1.80. The number of nitrogens with zero attached hydrogens (tertiary/aromatic N) is 4. The van der Waals surface area contributed by atoms with Crippen molar-refractivity contribution in [2.24, 2.45) is 12.1 Å². The second-order valence-electron chi connectivity index (χ2n) is 4.32. The zero-order chi connectivity index (χ0) is 15.0. The van der Waals surface area contributed by atoms with Crippen molar-refractivity contribution < 1.29 is 9.34 Å². The van der Waals surface area contributed by atoms with Crippen molar-refractivity contribution in [1.82, 2.24) is 9.24 Å². The van der Waals surface area contributed by atoms with Gasteiger partial charge in [0.2, 0.25) is 4.77 Å². The van der Waals surface area contributed by atoms with Gasteiger partial charge in [0.05, 0.1) is 23.3 Å². The zero-order valence-electron chi connectivity index (χ0n) is 11.0. The fourth-order valence-corrected chi connectivity index (χ4v) is 2.25. The lowest BCUT2D eigenvalue weighted by molar-refractivity contribution is -0.402. The molecule has 0 spiro atoms. The van der Waals surface area contributed by atoms with E-state index in [1.165, 1.54) is 18.3 Å². The molecule has 106 valence electrons. The Morgan fingerprint density at radius 1 is 1.29 bits per heavy atom. The van der Waals surface area contributed by atoms with Crippen molar-refractivity contribution in [1.29, 1.82) is 0 Å². The highest BCUT2D eigenvalue weighted by Gasteiger charge is 2.11. The molecular weight excluding hydrogens is 292 g/mol. The number of aryl methyl sites for hydroxylation is 1. The largest absolute Gasteiger partial charge is 0.433 e. The van der Waals surface area contributed by atoms with Gasteiger partial charge in [0.1, 0.15) is 4.92 Å². The molecule has 0 aliphatic carbocycles. The molecule has 7 nitrogen and oxygen atoms in total. The lowest BCUT2D eigenvalue weighted by Crippen LogP contribution is -1.92. The molecule has 0 atom stereocenters. The zero-order valence-corrected chi connectivity index (χ0v) is 11.8. The van der Waals surface area contributed by atoms with E-state index >= 15 is 0 Å². The second kappa shape index (κ2) is 4.98. The van der Waals surface area contributed by atoms with Crippen molar-refractivity contribution in [3.05, 3.63) is 57.0 Å². The van der Waals surface area contributed by atoms with Gasteiger partial charge in [0, 0.05) is 7.05 Å². The third-order valence-corrected chi connectivity index (χ3v) is 3.48. The molecule has 0 aliphatic rings. The van der Waals surface area contributed by atoms with Crippen LogP contribution in [-0.2, 0) is 7.05 Å². The number of rotatable bonds is 3. The molecule has 0 saturated heterocycles. The van der Waals surface area contributed by atoms with Crippen LogP contribution in [0.4, 0.5) is 5.88 Å². The van der Waals surface area contributed by atoms with E-state index in [1.807, 2.05) is 35.9 Å². The lowest BCUT2D eigenvalue weighted by Gasteiger charge is -1.94. The molecule has 0 unspecified atom stereocenters. The maximum Gasteiger partial charge on any atom is 0.433 e. The van der Waals surface area contributed by atoms with E-state index in [-0.39, 0.29) is 11.6 Å². The fraction of sp³-hybridized carbons (Fsp3) is 0.0769. The van der Waals surface area contributed by atoms with Gasteiger partial charge in [0.25, 0.3) is 0 Å². The Bertz CT molecular complexity index is 919. The van der Waals surface area contributed by atoms with E-state index in [4.69, 9.17) is 16.6 Å². The minimum atomic E-state index is -0.596. The highest BCUT2D eigenvalue weighted by atomic mass is 32.1. The van der Waals surface area contributed by atoms with Gasteiger partial charge < -0.3 is 8.98 Å². The van der Waals surface area contributed by atoms with E-state index in [0.717, 1.165) is 11.0 Å². The monoisotopic (exact) mass is 302 g/mol. The predicted octanol–water partition coefficient (Wildman–Crippen LogP) is 3.09. The fourth-order valence-electron chi connectivity index (χ4n) is 2.01. The molecule has 0 fully saturated rings. The summed E-state index contributed by atoms with van der Waals surface area (Å²) in [6.07, 6.45) is 1.40. The van der Waals surface area contributed by atoms with E-state index in [1.54, 1.807) is 4.68 Å². The predicted molar refractivity (Wildman–Crippen MR) is 80.1 cm³/mol. The van der Waals surface area contributed by atoms with Gasteiger partial charge in [-0.1, -0.05) is 12.1 Å². The van der Waals surface area contributed by atoms with Crippen molar-refractivity contribution >= 4 is 35.4 Å². The van der Waals surface area contributed by atoms with Gasteiger partial charge in [-0.05, 0) is 30.4 Å². The van der Waals surface area contributed by atoms with Gasteiger partial charge in [0.15, 0.2) is 5.76 Å². The standard InChI is InChI=1S/C13H10N4O3S/c1-15-10-4-2-3-5-11(10)16(13(15)21)14-8-9-6-7-12(20-9)17(18)19/h2-8H,1H3/b14-8-. The normalized spacial score (nSPS) is 11.5. The minimum absolute atomic E-state index is 0.288. The van der Waals surface area contributed by atoms with Crippen LogP contribution in [0.1, 0.15) is 5.76 Å². The van der Waals surface area contributed by atoms with Gasteiger partial charge in [-0.15, -0.1) is 0 Å². The van der Waals surface area contributed by atoms with Crippen LogP contribution in [0, 0.1) is 14.9 Å². The molecule has 2 aromatic heterocycles. The van der Waals surface area contributed by atoms with Crippen molar-refractivity contribution in [2.45, 2.75) is 0 Å². The number of hydrogen-bond acceptors (Lipinski definition) is 5. The Kier molecular flexibility index (Phi) is 3.15. The quantitative estimate of drug-likeness (QED) is 0.322. The van der Waals surface area contributed by atoms with Crippen molar-refractivity contribution in [2.75, 3.05) is 0 Å². The van der Waals surface area contributed by atoms with Crippen LogP contribution < -0.4 is 0 Å². The maximum atomic E-state index is 10.6. The summed E-state index contributed by atoms with van der Waals surface area (Å²) >= 11 is 5.33. The number of fused-ring (bicyclic) bond motifs is 1. The maximum absolute atomic E-state index is 10.6. The smallest absolute Gasteiger partial charge is 0.400 e. The third-order valence-electron chi connectivity index (χ3n) is 3.03. The van der Waals surface area contributed by atoms with Gasteiger partial charge in [-0.3, -0.25) is 10.1 Å². The first-order valence-corrected chi connectivity index (χ1v) is 6.44. The highest BCUT2D eigenvalue weighted by Crippen LogP contribution is 2.17. The van der Waals surface area contributed by atoms with Crippen LogP contribution in [-0.4, -0.2) is 20.4 Å². The Labute approximate surface area is 123 Å². The van der Waals surface area contributed by atoms with E-state index in [9.17, 15) is 10.1 Å². The van der Waals surface area contributed by atoms with Crippen molar-refractivity contribution in [3.8, 4) is 0 Å². The Morgan fingerprint density at radius 3 is 2.67 bits per heavy atom. The summed E-state index contributed by atoms with van der Waals surface area (Å²) in [5, 5.41) is 14.8. The van der Waals surface area contributed by atoms with Gasteiger partial charge >= 0.3 is 5.88 Å². The number of aromatic nitrogens is 2. The van der Waals surface area contributed by atoms with Crippen LogP contribution in [0.25, 0.3) is 11.0 Å². The molecule has 0 aliphatic heterocycles. The van der Waals surface area contributed by atoms with Gasteiger partial charge in [-0.2, -0.15) is 5.10 Å². The first-order valence-electron chi connectivity index (χ1n) is 6.03. The SMILES string of the molecule is Cn1c(=S)n(/N=C\c2ccc([N+](=O)[O-])o2)c2ccccc21. The Balaban J connectivity index is 2.05. The number of nitro groups is 1. The van der Waals surface area contributed by atoms with E-state index in [0.29, 0.717) is 4.77 Å². The summed E-state index contributed by atoms with van der Waals surface area (Å²) in [5.74, 6) is -0.0329. The average Bonchev–Trinajstić information content (AvgIpc) is 3.04. The molecular formula is C13H10N4O3S. The number of imidazole rings is 1. The molecule has 0 radical (unpaired) electrons. The number of hydrogen-bond donors (Lipinski definition) is 0. The molecule has 3 aromatic rings. The summed E-state index contributed by atoms with van der Waals surface area (Å²) < 4.78 is 8.97. The second-order valence-corrected chi connectivity index (χ2v) is 4.68. The van der Waals surface area contributed by atoms with Crippen LogP contribution >= 0.6 is 12.2 Å². The molecule has 1 aromatic carbocycles. The molecule has 21 heavy (non-hydrogen) atoms. The molecule has 0 bridgehead atoms. The third kappa shape index (κ3) is 2.25. The Morgan fingerprint density at radius 2 is 2.00 bits per heavy atom. The highest BCUT2D eigenvalue weighted by molar-refractivity contribution is 7.71. The van der Waals surface area contributed by atoms with Crippen LogP contribution in [0.3, 0.4) is 0 Å². The summed E-state index contributed by atoms with van der Waals surface area (Å²) in [6, 6.07) is 10.4. The molecule has 8 heteroatoms. The first kappa shape index (κ1) is 13.3. The van der Waals surface area contributed by atoms with Crippen LogP contribution in [0.15, 0.2) is 45.9 Å². The molecule has 0 saturated carbocycles. The topological polar surface area (TPSA) is 78.5 Å². The summed E-state index contributed by atoms with van der Waals surface area (Å²) in [6.45, 7) is 0. The summed E-state index contributed by atoms with van der Waals surface area (Å²) in [7, 11) is 1.86. The number of furan rings is 1.